The summed E-state index contributed by atoms with van der Waals surface area (Å²) in [5, 5.41) is 13.0. The van der Waals surface area contributed by atoms with Gasteiger partial charge in [-0.1, -0.05) is 51.1 Å². The molecule has 208 valence electrons. The quantitative estimate of drug-likeness (QED) is 0.532. The van der Waals surface area contributed by atoms with Crippen LogP contribution in [0.4, 0.5) is 0 Å². The standard InChI is InChI=1S/C33H37ClN4O2/c1-32(2)30(33(3,4)31(32)40-26-9-8-23(17-35)28(34)16-26)38-20-24-15-21(7-10-27(24)29(38)39)5-6-22-18-37(19-22)25-11-13-36-14-12-25/h7-10,15-16,22,25,30-31,36H,11-14,18-20H2,1-4H3. The Morgan fingerprint density at radius 1 is 1.05 bits per heavy atom. The average Bonchev–Trinajstić information content (AvgIpc) is 3.21. The summed E-state index contributed by atoms with van der Waals surface area (Å²) < 4.78 is 6.44. The summed E-state index contributed by atoms with van der Waals surface area (Å²) in [7, 11) is 0. The molecule has 0 bridgehead atoms. The maximum absolute atomic E-state index is 13.6. The van der Waals surface area contributed by atoms with Crippen LogP contribution in [0, 0.1) is 39.9 Å². The fourth-order valence-corrected chi connectivity index (χ4v) is 8.11. The molecule has 4 aliphatic rings. The normalized spacial score (nSPS) is 25.7. The molecular formula is C33H37ClN4O2. The summed E-state index contributed by atoms with van der Waals surface area (Å²) in [5.74, 6) is 8.03. The van der Waals surface area contributed by atoms with Crippen LogP contribution in [-0.4, -0.2) is 60.1 Å². The van der Waals surface area contributed by atoms with Crippen LogP contribution >= 0.6 is 11.6 Å². The van der Waals surface area contributed by atoms with Crippen LogP contribution in [0.3, 0.4) is 0 Å². The van der Waals surface area contributed by atoms with Gasteiger partial charge in [-0.2, -0.15) is 5.26 Å². The van der Waals surface area contributed by atoms with Crippen molar-refractivity contribution in [2.75, 3.05) is 26.2 Å². The van der Waals surface area contributed by atoms with Gasteiger partial charge in [0, 0.05) is 65.7 Å². The minimum atomic E-state index is -0.283. The molecular weight excluding hydrogens is 520 g/mol. The number of nitrogens with zero attached hydrogens (tertiary/aromatic N) is 3. The predicted octanol–water partition coefficient (Wildman–Crippen LogP) is 5.08. The van der Waals surface area contributed by atoms with Gasteiger partial charge < -0.3 is 15.0 Å². The maximum atomic E-state index is 13.6. The molecule has 0 atom stereocenters. The first-order valence-corrected chi connectivity index (χ1v) is 14.7. The number of carbonyl (C=O) groups is 1. The SMILES string of the molecule is CC1(C)C(Oc2ccc(C#N)c(Cl)c2)C(C)(C)C1N1Cc2cc(C#CC3CN(C4CCNCC4)C3)ccc2C1=O. The van der Waals surface area contributed by atoms with Crippen molar-refractivity contribution in [2.24, 2.45) is 16.7 Å². The van der Waals surface area contributed by atoms with Crippen molar-refractivity contribution in [3.63, 3.8) is 0 Å². The number of rotatable bonds is 4. The molecule has 1 aliphatic carbocycles. The van der Waals surface area contributed by atoms with Gasteiger partial charge in [-0.05, 0) is 61.8 Å². The minimum absolute atomic E-state index is 0.00392. The first-order valence-electron chi connectivity index (χ1n) is 14.4. The van der Waals surface area contributed by atoms with Gasteiger partial charge >= 0.3 is 0 Å². The first-order chi connectivity index (χ1) is 19.1. The topological polar surface area (TPSA) is 68.6 Å². The summed E-state index contributed by atoms with van der Waals surface area (Å²) in [6.07, 6.45) is 2.35. The Morgan fingerprint density at radius 2 is 1.77 bits per heavy atom. The third-order valence-electron chi connectivity index (χ3n) is 9.48. The highest BCUT2D eigenvalue weighted by molar-refractivity contribution is 6.31. The molecule has 0 radical (unpaired) electrons. The number of likely N-dealkylation sites (tertiary alicyclic amines) is 1. The van der Waals surface area contributed by atoms with E-state index in [2.05, 4.69) is 61.9 Å². The lowest BCUT2D eigenvalue weighted by atomic mass is 9.49. The highest BCUT2D eigenvalue weighted by Gasteiger charge is 2.67. The molecule has 0 spiro atoms. The van der Waals surface area contributed by atoms with Gasteiger partial charge in [-0.3, -0.25) is 9.69 Å². The monoisotopic (exact) mass is 556 g/mol. The highest BCUT2D eigenvalue weighted by Crippen LogP contribution is 2.59. The van der Waals surface area contributed by atoms with Gasteiger partial charge in [0.25, 0.3) is 5.91 Å². The van der Waals surface area contributed by atoms with Crippen molar-refractivity contribution in [2.45, 2.75) is 65.3 Å². The number of carbonyl (C=O) groups excluding carboxylic acids is 1. The molecule has 1 N–H and O–H groups in total. The third-order valence-corrected chi connectivity index (χ3v) is 9.79. The molecule has 0 unspecified atom stereocenters. The number of piperidine rings is 1. The van der Waals surface area contributed by atoms with Crippen LogP contribution < -0.4 is 10.1 Å². The highest BCUT2D eigenvalue weighted by atomic mass is 35.5. The Morgan fingerprint density at radius 3 is 2.45 bits per heavy atom. The molecule has 2 aromatic rings. The van der Waals surface area contributed by atoms with E-state index in [1.165, 1.54) is 12.8 Å². The average molecular weight is 557 g/mol. The molecule has 0 aromatic heterocycles. The smallest absolute Gasteiger partial charge is 0.254 e. The van der Waals surface area contributed by atoms with E-state index in [0.717, 1.165) is 42.9 Å². The molecule has 6 nitrogen and oxygen atoms in total. The van der Waals surface area contributed by atoms with Crippen molar-refractivity contribution in [3.05, 3.63) is 63.7 Å². The lowest BCUT2D eigenvalue weighted by molar-refractivity contribution is -0.199. The lowest BCUT2D eigenvalue weighted by Gasteiger charge is -2.65. The van der Waals surface area contributed by atoms with E-state index in [9.17, 15) is 10.1 Å². The van der Waals surface area contributed by atoms with Gasteiger partial charge in [-0.25, -0.2) is 0 Å². The molecule has 3 aliphatic heterocycles. The Kier molecular flexibility index (Phi) is 6.86. The number of hydrogen-bond donors (Lipinski definition) is 1. The zero-order valence-corrected chi connectivity index (χ0v) is 24.5. The van der Waals surface area contributed by atoms with Crippen LogP contribution in [0.5, 0.6) is 5.75 Å². The molecule has 1 saturated carbocycles. The summed E-state index contributed by atoms with van der Waals surface area (Å²) in [4.78, 5) is 18.2. The van der Waals surface area contributed by atoms with Crippen molar-refractivity contribution < 1.29 is 9.53 Å². The van der Waals surface area contributed by atoms with E-state index in [-0.39, 0.29) is 28.9 Å². The van der Waals surface area contributed by atoms with Crippen molar-refractivity contribution in [1.82, 2.24) is 15.1 Å². The Labute approximate surface area is 242 Å². The predicted molar refractivity (Wildman–Crippen MR) is 156 cm³/mol. The third kappa shape index (κ3) is 4.57. The van der Waals surface area contributed by atoms with Crippen LogP contribution in [0.1, 0.15) is 67.6 Å². The largest absolute Gasteiger partial charge is 0.489 e. The zero-order chi connectivity index (χ0) is 28.2. The number of fused-ring (bicyclic) bond motifs is 1. The van der Waals surface area contributed by atoms with Gasteiger partial charge in [0.15, 0.2) is 0 Å². The minimum Gasteiger partial charge on any atom is -0.489 e. The number of hydrogen-bond acceptors (Lipinski definition) is 5. The van der Waals surface area contributed by atoms with Crippen molar-refractivity contribution >= 4 is 17.5 Å². The van der Waals surface area contributed by atoms with Crippen LogP contribution in [0.15, 0.2) is 36.4 Å². The molecule has 3 heterocycles. The fourth-order valence-electron chi connectivity index (χ4n) is 7.90. The van der Waals surface area contributed by atoms with E-state index in [4.69, 9.17) is 16.3 Å². The number of nitriles is 1. The Balaban J connectivity index is 1.12. The van der Waals surface area contributed by atoms with E-state index < -0.39 is 0 Å². The Bertz CT molecular complexity index is 1420. The van der Waals surface area contributed by atoms with E-state index in [1.807, 2.05) is 17.0 Å². The zero-order valence-electron chi connectivity index (χ0n) is 23.8. The number of benzene rings is 2. The first kappa shape index (κ1) is 27.2. The molecule has 40 heavy (non-hydrogen) atoms. The molecule has 2 aromatic carbocycles. The summed E-state index contributed by atoms with van der Waals surface area (Å²) in [6, 6.07) is 14.0. The second-order valence-corrected chi connectivity index (χ2v) is 13.4. The van der Waals surface area contributed by atoms with Gasteiger partial charge in [-0.15, -0.1) is 0 Å². The van der Waals surface area contributed by atoms with Crippen molar-refractivity contribution in [1.29, 1.82) is 5.26 Å². The maximum Gasteiger partial charge on any atom is 0.254 e. The van der Waals surface area contributed by atoms with Crippen molar-refractivity contribution in [3.8, 4) is 23.7 Å². The molecule has 7 heteroatoms. The van der Waals surface area contributed by atoms with Crippen LogP contribution in [-0.2, 0) is 6.54 Å². The summed E-state index contributed by atoms with van der Waals surface area (Å²) in [5.41, 5.74) is 2.68. The van der Waals surface area contributed by atoms with E-state index >= 15 is 0 Å². The molecule has 6 rings (SSSR count). The van der Waals surface area contributed by atoms with Gasteiger partial charge in [0.1, 0.15) is 17.9 Å². The number of nitrogens with one attached hydrogen (secondary N) is 1. The summed E-state index contributed by atoms with van der Waals surface area (Å²) in [6.45, 7) is 13.6. The van der Waals surface area contributed by atoms with Crippen LogP contribution in [0.2, 0.25) is 5.02 Å². The van der Waals surface area contributed by atoms with E-state index in [0.29, 0.717) is 34.8 Å². The second-order valence-electron chi connectivity index (χ2n) is 13.0. The van der Waals surface area contributed by atoms with Gasteiger partial charge in [0.05, 0.1) is 10.6 Å². The number of amides is 1. The van der Waals surface area contributed by atoms with Crippen LogP contribution in [0.25, 0.3) is 0 Å². The fraction of sp³-hybridized carbons (Fsp3) is 0.515. The van der Waals surface area contributed by atoms with E-state index in [1.54, 1.807) is 18.2 Å². The molecule has 1 amide bonds. The summed E-state index contributed by atoms with van der Waals surface area (Å²) >= 11 is 6.25. The number of halogens is 1. The molecule has 3 fully saturated rings. The second kappa shape index (κ2) is 10.1. The molecule has 2 saturated heterocycles. The Hall–Kier alpha value is -3.03. The lowest BCUT2D eigenvalue weighted by Crippen LogP contribution is -2.74. The number of ether oxygens (including phenoxy) is 1. The van der Waals surface area contributed by atoms with Gasteiger partial charge in [0.2, 0.25) is 0 Å².